The highest BCUT2D eigenvalue weighted by molar-refractivity contribution is 6.31. The third-order valence-electron chi connectivity index (χ3n) is 3.22. The molecule has 16 heavy (non-hydrogen) atoms. The van der Waals surface area contributed by atoms with Crippen molar-refractivity contribution in [2.24, 2.45) is 5.92 Å². The molecule has 1 aliphatic heterocycles. The molecule has 0 atom stereocenters. The first kappa shape index (κ1) is 10.1. The lowest BCUT2D eigenvalue weighted by Crippen LogP contribution is -2.42. The third kappa shape index (κ3) is 1.81. The van der Waals surface area contributed by atoms with Gasteiger partial charge in [0.2, 0.25) is 0 Å². The molecule has 1 aliphatic rings. The molecule has 0 bridgehead atoms. The van der Waals surface area contributed by atoms with E-state index in [2.05, 4.69) is 15.1 Å². The second-order valence-corrected chi connectivity index (χ2v) is 4.82. The quantitative estimate of drug-likeness (QED) is 0.885. The van der Waals surface area contributed by atoms with Gasteiger partial charge in [0.15, 0.2) is 0 Å². The summed E-state index contributed by atoms with van der Waals surface area (Å²) in [6.45, 7) is 3.31. The molecule has 1 aromatic carbocycles. The first-order valence-electron chi connectivity index (χ1n) is 5.65. The van der Waals surface area contributed by atoms with Crippen LogP contribution in [0.25, 0.3) is 10.9 Å². The second-order valence-electron chi connectivity index (χ2n) is 4.38. The van der Waals surface area contributed by atoms with E-state index in [1.807, 2.05) is 24.4 Å². The number of benzene rings is 1. The van der Waals surface area contributed by atoms with Gasteiger partial charge in [0.1, 0.15) is 0 Å². The SMILES string of the molecule is Clc1ccc2c(cnn2CCC2CNC2)c1. The molecule has 1 N–H and O–H groups in total. The minimum atomic E-state index is 0.773. The summed E-state index contributed by atoms with van der Waals surface area (Å²) in [6, 6.07) is 5.93. The van der Waals surface area contributed by atoms with Gasteiger partial charge in [-0.2, -0.15) is 5.10 Å². The number of hydrogen-bond acceptors (Lipinski definition) is 2. The van der Waals surface area contributed by atoms with Gasteiger partial charge >= 0.3 is 0 Å². The van der Waals surface area contributed by atoms with Crippen LogP contribution in [0, 0.1) is 5.92 Å². The van der Waals surface area contributed by atoms with Crippen molar-refractivity contribution in [3.05, 3.63) is 29.4 Å². The molecule has 2 heterocycles. The number of aryl methyl sites for hydroxylation is 1. The molecular weight excluding hydrogens is 222 g/mol. The summed E-state index contributed by atoms with van der Waals surface area (Å²) in [6.07, 6.45) is 3.09. The summed E-state index contributed by atoms with van der Waals surface area (Å²) >= 11 is 5.94. The molecule has 0 radical (unpaired) electrons. The van der Waals surface area contributed by atoms with Crippen LogP contribution in [0.4, 0.5) is 0 Å². The van der Waals surface area contributed by atoms with Crippen molar-refractivity contribution in [1.82, 2.24) is 15.1 Å². The molecule has 0 unspecified atom stereocenters. The zero-order valence-electron chi connectivity index (χ0n) is 8.99. The number of rotatable bonds is 3. The zero-order chi connectivity index (χ0) is 11.0. The molecule has 2 aromatic rings. The molecule has 1 fully saturated rings. The Hall–Kier alpha value is -1.06. The fourth-order valence-electron chi connectivity index (χ4n) is 2.09. The van der Waals surface area contributed by atoms with Crippen LogP contribution in [0.1, 0.15) is 6.42 Å². The van der Waals surface area contributed by atoms with Crippen LogP contribution in [-0.4, -0.2) is 22.9 Å². The number of halogens is 1. The van der Waals surface area contributed by atoms with Crippen molar-refractivity contribution >= 4 is 22.5 Å². The van der Waals surface area contributed by atoms with Gasteiger partial charge in [-0.05, 0) is 43.6 Å². The van der Waals surface area contributed by atoms with Crippen LogP contribution in [0.5, 0.6) is 0 Å². The maximum Gasteiger partial charge on any atom is 0.0683 e. The Morgan fingerprint density at radius 3 is 3.06 bits per heavy atom. The van der Waals surface area contributed by atoms with Crippen molar-refractivity contribution in [1.29, 1.82) is 0 Å². The average molecular weight is 236 g/mol. The third-order valence-corrected chi connectivity index (χ3v) is 3.45. The van der Waals surface area contributed by atoms with Crippen LogP contribution in [0.2, 0.25) is 5.02 Å². The predicted molar refractivity (Wildman–Crippen MR) is 65.7 cm³/mol. The second kappa shape index (κ2) is 4.07. The van der Waals surface area contributed by atoms with Gasteiger partial charge in [-0.3, -0.25) is 4.68 Å². The normalized spacial score (nSPS) is 16.6. The van der Waals surface area contributed by atoms with Gasteiger partial charge < -0.3 is 5.32 Å². The van der Waals surface area contributed by atoms with E-state index < -0.39 is 0 Å². The zero-order valence-corrected chi connectivity index (χ0v) is 9.74. The number of aromatic nitrogens is 2. The molecule has 4 heteroatoms. The van der Waals surface area contributed by atoms with Gasteiger partial charge in [-0.1, -0.05) is 11.6 Å². The monoisotopic (exact) mass is 235 g/mol. The summed E-state index contributed by atoms with van der Waals surface area (Å²) in [4.78, 5) is 0. The number of hydrogen-bond donors (Lipinski definition) is 1. The van der Waals surface area contributed by atoms with Crippen molar-refractivity contribution < 1.29 is 0 Å². The molecule has 0 aliphatic carbocycles. The summed E-state index contributed by atoms with van der Waals surface area (Å²) in [5.41, 5.74) is 1.18. The van der Waals surface area contributed by atoms with E-state index in [9.17, 15) is 0 Å². The highest BCUT2D eigenvalue weighted by atomic mass is 35.5. The summed E-state index contributed by atoms with van der Waals surface area (Å²) in [7, 11) is 0. The van der Waals surface area contributed by atoms with E-state index in [1.165, 1.54) is 11.9 Å². The summed E-state index contributed by atoms with van der Waals surface area (Å²) in [5.74, 6) is 0.826. The first-order valence-corrected chi connectivity index (χ1v) is 6.02. The standard InChI is InChI=1S/C12H14ClN3/c13-11-1-2-12-10(5-11)8-15-16(12)4-3-9-6-14-7-9/h1-2,5,8-9,14H,3-4,6-7H2. The van der Waals surface area contributed by atoms with Gasteiger partial charge in [-0.25, -0.2) is 0 Å². The van der Waals surface area contributed by atoms with Crippen LogP contribution < -0.4 is 5.32 Å². The molecule has 1 aromatic heterocycles. The smallest absolute Gasteiger partial charge is 0.0683 e. The number of nitrogens with zero attached hydrogens (tertiary/aromatic N) is 2. The van der Waals surface area contributed by atoms with Crippen molar-refractivity contribution in [2.75, 3.05) is 13.1 Å². The Kier molecular flexibility index (Phi) is 2.58. The maximum atomic E-state index is 5.94. The highest BCUT2D eigenvalue weighted by Gasteiger charge is 2.16. The lowest BCUT2D eigenvalue weighted by Gasteiger charge is -2.26. The number of fused-ring (bicyclic) bond motifs is 1. The van der Waals surface area contributed by atoms with E-state index in [0.717, 1.165) is 36.0 Å². The van der Waals surface area contributed by atoms with Gasteiger partial charge in [0, 0.05) is 17.0 Å². The van der Waals surface area contributed by atoms with E-state index in [1.54, 1.807) is 0 Å². The van der Waals surface area contributed by atoms with Gasteiger partial charge in [0.25, 0.3) is 0 Å². The van der Waals surface area contributed by atoms with E-state index >= 15 is 0 Å². The Labute approximate surface area is 99.4 Å². The fourth-order valence-corrected chi connectivity index (χ4v) is 2.27. The Bertz CT molecular complexity index is 502. The average Bonchev–Trinajstić information content (AvgIpc) is 2.58. The van der Waals surface area contributed by atoms with Crippen LogP contribution >= 0.6 is 11.6 Å². The predicted octanol–water partition coefficient (Wildman–Crippen LogP) is 2.30. The van der Waals surface area contributed by atoms with Crippen molar-refractivity contribution in [2.45, 2.75) is 13.0 Å². The van der Waals surface area contributed by atoms with Crippen LogP contribution in [0.15, 0.2) is 24.4 Å². The molecule has 0 spiro atoms. The fraction of sp³-hybridized carbons (Fsp3) is 0.417. The molecular formula is C12H14ClN3. The van der Waals surface area contributed by atoms with E-state index in [4.69, 9.17) is 11.6 Å². The maximum absolute atomic E-state index is 5.94. The van der Waals surface area contributed by atoms with E-state index in [0.29, 0.717) is 0 Å². The Morgan fingerprint density at radius 2 is 2.31 bits per heavy atom. The largest absolute Gasteiger partial charge is 0.316 e. The van der Waals surface area contributed by atoms with Crippen molar-refractivity contribution in [3.8, 4) is 0 Å². The molecule has 0 saturated carbocycles. The Morgan fingerprint density at radius 1 is 1.44 bits per heavy atom. The molecule has 3 rings (SSSR count). The Balaban J connectivity index is 1.80. The summed E-state index contributed by atoms with van der Waals surface area (Å²) in [5, 5.41) is 9.59. The van der Waals surface area contributed by atoms with E-state index in [-0.39, 0.29) is 0 Å². The molecule has 84 valence electrons. The van der Waals surface area contributed by atoms with Gasteiger partial charge in [0.05, 0.1) is 11.7 Å². The molecule has 3 nitrogen and oxygen atoms in total. The minimum Gasteiger partial charge on any atom is -0.316 e. The summed E-state index contributed by atoms with van der Waals surface area (Å²) < 4.78 is 2.07. The first-order chi connectivity index (χ1) is 7.83. The van der Waals surface area contributed by atoms with Crippen LogP contribution in [0.3, 0.4) is 0 Å². The molecule has 1 saturated heterocycles. The number of nitrogens with one attached hydrogen (secondary N) is 1. The van der Waals surface area contributed by atoms with Crippen molar-refractivity contribution in [3.63, 3.8) is 0 Å². The molecule has 0 amide bonds. The minimum absolute atomic E-state index is 0.773. The van der Waals surface area contributed by atoms with Crippen LogP contribution in [-0.2, 0) is 6.54 Å². The lowest BCUT2D eigenvalue weighted by molar-refractivity contribution is 0.308. The lowest BCUT2D eigenvalue weighted by atomic mass is 10.00. The highest BCUT2D eigenvalue weighted by Crippen LogP contribution is 2.20. The van der Waals surface area contributed by atoms with Gasteiger partial charge in [-0.15, -0.1) is 0 Å². The topological polar surface area (TPSA) is 29.9 Å².